The van der Waals surface area contributed by atoms with Crippen LogP contribution in [0.4, 0.5) is 0 Å². The fourth-order valence-electron chi connectivity index (χ4n) is 2.21. The molecule has 1 aliphatic rings. The van der Waals surface area contributed by atoms with Crippen molar-refractivity contribution in [3.63, 3.8) is 0 Å². The first kappa shape index (κ1) is 12.8. The Labute approximate surface area is 95.5 Å². The monoisotopic (exact) mass is 209 g/mol. The zero-order chi connectivity index (χ0) is 11.3. The van der Waals surface area contributed by atoms with E-state index in [1.54, 1.807) is 0 Å². The summed E-state index contributed by atoms with van der Waals surface area (Å²) in [6, 6.07) is 0.887. The van der Waals surface area contributed by atoms with E-state index in [9.17, 15) is 0 Å². The molecular weight excluding hydrogens is 182 g/mol. The highest BCUT2D eigenvalue weighted by Gasteiger charge is 2.27. The van der Waals surface area contributed by atoms with E-state index < -0.39 is 0 Å². The van der Waals surface area contributed by atoms with Gasteiger partial charge < -0.3 is 0 Å². The van der Waals surface area contributed by atoms with Crippen LogP contribution in [-0.4, -0.2) is 24.0 Å². The Bertz CT molecular complexity index is 194. The Hall–Kier alpha value is -0.300. The van der Waals surface area contributed by atoms with Gasteiger partial charge in [-0.05, 0) is 37.6 Å². The summed E-state index contributed by atoms with van der Waals surface area (Å²) < 4.78 is 0. The van der Waals surface area contributed by atoms with Crippen LogP contribution in [-0.2, 0) is 0 Å². The van der Waals surface area contributed by atoms with Gasteiger partial charge in [-0.15, -0.1) is 0 Å². The van der Waals surface area contributed by atoms with Crippen LogP contribution in [0.2, 0.25) is 0 Å². The summed E-state index contributed by atoms with van der Waals surface area (Å²) in [7, 11) is 0. The number of likely N-dealkylation sites (tertiary alicyclic amines) is 1. The molecule has 1 unspecified atom stereocenters. The number of nitrogens with zero attached hydrogens (tertiary/aromatic N) is 1. The van der Waals surface area contributed by atoms with Gasteiger partial charge >= 0.3 is 0 Å². The van der Waals surface area contributed by atoms with Crippen LogP contribution in [0.5, 0.6) is 0 Å². The highest BCUT2D eigenvalue weighted by molar-refractivity contribution is 4.89. The standard InChI is InChI=1S/C14H27N/c1-12(2)7-5-6-9-15-10-8-14(15)11-13(3)4/h5,7,12-14H,6,8-11H2,1-4H3/b7-5+. The van der Waals surface area contributed by atoms with E-state index in [4.69, 9.17) is 0 Å². The zero-order valence-corrected chi connectivity index (χ0v) is 10.9. The molecule has 88 valence electrons. The van der Waals surface area contributed by atoms with Crippen molar-refractivity contribution in [2.75, 3.05) is 13.1 Å². The van der Waals surface area contributed by atoms with E-state index in [2.05, 4.69) is 44.7 Å². The quantitative estimate of drug-likeness (QED) is 0.603. The van der Waals surface area contributed by atoms with E-state index >= 15 is 0 Å². The van der Waals surface area contributed by atoms with Crippen molar-refractivity contribution in [2.24, 2.45) is 11.8 Å². The SMILES string of the molecule is CC(C)/C=C/CCN1CCC1CC(C)C. The Morgan fingerprint density at radius 2 is 2.00 bits per heavy atom. The first-order chi connectivity index (χ1) is 7.09. The molecule has 1 saturated heterocycles. The van der Waals surface area contributed by atoms with Crippen molar-refractivity contribution in [3.8, 4) is 0 Å². The lowest BCUT2D eigenvalue weighted by Crippen LogP contribution is -2.48. The molecule has 0 aromatic carbocycles. The van der Waals surface area contributed by atoms with Gasteiger partial charge in [-0.3, -0.25) is 4.90 Å². The first-order valence-electron chi connectivity index (χ1n) is 6.50. The van der Waals surface area contributed by atoms with Crippen LogP contribution in [0.3, 0.4) is 0 Å². The number of hydrogen-bond donors (Lipinski definition) is 0. The highest BCUT2D eigenvalue weighted by atomic mass is 15.2. The van der Waals surface area contributed by atoms with E-state index in [0.717, 1.165) is 12.0 Å². The fourth-order valence-corrected chi connectivity index (χ4v) is 2.21. The van der Waals surface area contributed by atoms with E-state index in [1.165, 1.54) is 32.4 Å². The molecule has 0 aromatic rings. The van der Waals surface area contributed by atoms with E-state index in [0.29, 0.717) is 5.92 Å². The molecule has 1 aliphatic heterocycles. The number of hydrogen-bond acceptors (Lipinski definition) is 1. The zero-order valence-electron chi connectivity index (χ0n) is 10.9. The third-order valence-corrected chi connectivity index (χ3v) is 3.11. The summed E-state index contributed by atoms with van der Waals surface area (Å²) >= 11 is 0. The second kappa shape index (κ2) is 6.32. The van der Waals surface area contributed by atoms with Crippen molar-refractivity contribution < 1.29 is 0 Å². The summed E-state index contributed by atoms with van der Waals surface area (Å²) in [5, 5.41) is 0. The molecule has 0 bridgehead atoms. The molecule has 0 amide bonds. The van der Waals surface area contributed by atoms with E-state index in [1.807, 2.05) is 0 Å². The minimum atomic E-state index is 0.702. The third-order valence-electron chi connectivity index (χ3n) is 3.11. The van der Waals surface area contributed by atoms with Crippen LogP contribution in [0.15, 0.2) is 12.2 Å². The summed E-state index contributed by atoms with van der Waals surface area (Å²) in [5.41, 5.74) is 0. The molecule has 15 heavy (non-hydrogen) atoms. The molecule has 0 N–H and O–H groups in total. The second-order valence-electron chi connectivity index (χ2n) is 5.57. The minimum Gasteiger partial charge on any atom is -0.300 e. The van der Waals surface area contributed by atoms with Crippen molar-refractivity contribution in [1.29, 1.82) is 0 Å². The summed E-state index contributed by atoms with van der Waals surface area (Å²) in [4.78, 5) is 2.64. The topological polar surface area (TPSA) is 3.24 Å². The molecule has 1 nitrogen and oxygen atoms in total. The average Bonchev–Trinajstić information content (AvgIpc) is 2.11. The molecule has 0 spiro atoms. The molecule has 0 aromatic heterocycles. The largest absolute Gasteiger partial charge is 0.300 e. The van der Waals surface area contributed by atoms with Gasteiger partial charge in [0.05, 0.1) is 0 Å². The van der Waals surface area contributed by atoms with Gasteiger partial charge in [-0.25, -0.2) is 0 Å². The maximum Gasteiger partial charge on any atom is 0.0110 e. The summed E-state index contributed by atoms with van der Waals surface area (Å²) in [5.74, 6) is 1.55. The third kappa shape index (κ3) is 4.83. The maximum atomic E-state index is 2.64. The van der Waals surface area contributed by atoms with Crippen molar-refractivity contribution in [2.45, 2.75) is 53.0 Å². The fraction of sp³-hybridized carbons (Fsp3) is 0.857. The van der Waals surface area contributed by atoms with Gasteiger partial charge in [0.15, 0.2) is 0 Å². The smallest absolute Gasteiger partial charge is 0.0110 e. The Kier molecular flexibility index (Phi) is 5.38. The maximum absolute atomic E-state index is 2.64. The lowest BCUT2D eigenvalue weighted by atomic mass is 9.93. The summed E-state index contributed by atoms with van der Waals surface area (Å²) in [6.07, 6.45) is 8.69. The molecule has 1 atom stereocenters. The van der Waals surface area contributed by atoms with Crippen LogP contribution >= 0.6 is 0 Å². The molecule has 1 rings (SSSR count). The predicted octanol–water partition coefficient (Wildman–Crippen LogP) is 3.71. The lowest BCUT2D eigenvalue weighted by Gasteiger charge is -2.42. The first-order valence-corrected chi connectivity index (χ1v) is 6.50. The molecule has 1 heteroatoms. The molecular formula is C14H27N. The Balaban J connectivity index is 2.11. The van der Waals surface area contributed by atoms with E-state index in [-0.39, 0.29) is 0 Å². The average molecular weight is 209 g/mol. The van der Waals surface area contributed by atoms with Crippen LogP contribution in [0, 0.1) is 11.8 Å². The lowest BCUT2D eigenvalue weighted by molar-refractivity contribution is 0.0764. The van der Waals surface area contributed by atoms with Crippen molar-refractivity contribution in [1.82, 2.24) is 4.90 Å². The van der Waals surface area contributed by atoms with Gasteiger partial charge in [-0.1, -0.05) is 39.8 Å². The van der Waals surface area contributed by atoms with Crippen LogP contribution in [0.25, 0.3) is 0 Å². The minimum absolute atomic E-state index is 0.702. The normalized spacial score (nSPS) is 22.9. The predicted molar refractivity (Wildman–Crippen MR) is 68.0 cm³/mol. The van der Waals surface area contributed by atoms with Gasteiger partial charge in [0.25, 0.3) is 0 Å². The molecule has 0 saturated carbocycles. The molecule has 1 heterocycles. The van der Waals surface area contributed by atoms with Gasteiger partial charge in [0.2, 0.25) is 0 Å². The van der Waals surface area contributed by atoms with Crippen molar-refractivity contribution in [3.05, 3.63) is 12.2 Å². The molecule has 0 radical (unpaired) electrons. The molecule has 1 fully saturated rings. The van der Waals surface area contributed by atoms with Gasteiger partial charge in [-0.2, -0.15) is 0 Å². The Morgan fingerprint density at radius 3 is 2.47 bits per heavy atom. The Morgan fingerprint density at radius 1 is 1.27 bits per heavy atom. The van der Waals surface area contributed by atoms with Crippen LogP contribution in [0.1, 0.15) is 47.0 Å². The second-order valence-corrected chi connectivity index (χ2v) is 5.57. The van der Waals surface area contributed by atoms with Gasteiger partial charge in [0.1, 0.15) is 0 Å². The van der Waals surface area contributed by atoms with Gasteiger partial charge in [0, 0.05) is 12.6 Å². The number of allylic oxidation sites excluding steroid dienone is 1. The number of rotatable bonds is 6. The molecule has 0 aliphatic carbocycles. The summed E-state index contributed by atoms with van der Waals surface area (Å²) in [6.45, 7) is 11.7. The highest BCUT2D eigenvalue weighted by Crippen LogP contribution is 2.23. The van der Waals surface area contributed by atoms with Crippen molar-refractivity contribution >= 4 is 0 Å². The van der Waals surface area contributed by atoms with Crippen LogP contribution < -0.4 is 0 Å².